The van der Waals surface area contributed by atoms with Crippen LogP contribution in [0.4, 0.5) is 0 Å². The Kier molecular flexibility index (Phi) is 26.4. The Morgan fingerprint density at radius 3 is 1.67 bits per heavy atom. The summed E-state index contributed by atoms with van der Waals surface area (Å²) in [6.07, 6.45) is 19.1. The van der Waals surface area contributed by atoms with Crippen LogP contribution in [0.2, 0.25) is 0 Å². The first-order valence-corrected chi connectivity index (χ1v) is 12.9. The molecule has 0 aliphatic carbocycles. The average Bonchev–Trinajstić information content (AvgIpc) is 2.68. The lowest BCUT2D eigenvalue weighted by Crippen LogP contribution is -2.22. The van der Waals surface area contributed by atoms with Gasteiger partial charge in [0.25, 0.3) is 0 Å². The molecule has 0 saturated carbocycles. The summed E-state index contributed by atoms with van der Waals surface area (Å²) in [5, 5.41) is 6.96. The van der Waals surface area contributed by atoms with Crippen molar-refractivity contribution >= 4 is 11.9 Å². The van der Waals surface area contributed by atoms with Crippen molar-refractivity contribution in [3.63, 3.8) is 0 Å². The zero-order valence-electron chi connectivity index (χ0n) is 18.3. The van der Waals surface area contributed by atoms with Crippen LogP contribution in [0.5, 0.6) is 0 Å². The third-order valence-electron chi connectivity index (χ3n) is 4.85. The lowest BCUT2D eigenvalue weighted by molar-refractivity contribution is 0.562. The van der Waals surface area contributed by atoms with Gasteiger partial charge in [-0.1, -0.05) is 76.7 Å². The standard InChI is InChI=1S/C22H50N4S/c1-2-3-4-5-6-7-8-9-10-13-22-27-26-21-15-20-25-18-12-11-17-24-19-14-16-23/h24-26H,2-23H2,1H3. The SMILES string of the molecule is CCCCCCCCCCCCSNCCCNCCCCNCCCN. The summed E-state index contributed by atoms with van der Waals surface area (Å²) in [7, 11) is 0. The molecule has 0 bridgehead atoms. The largest absolute Gasteiger partial charge is 0.330 e. The highest BCUT2D eigenvalue weighted by atomic mass is 32.2. The molecule has 0 heterocycles. The first kappa shape index (κ1) is 27.2. The molecule has 5 N–H and O–H groups in total. The van der Waals surface area contributed by atoms with E-state index < -0.39 is 0 Å². The zero-order valence-corrected chi connectivity index (χ0v) is 19.2. The van der Waals surface area contributed by atoms with Gasteiger partial charge in [0.1, 0.15) is 0 Å². The summed E-state index contributed by atoms with van der Waals surface area (Å²) < 4.78 is 3.50. The van der Waals surface area contributed by atoms with Crippen molar-refractivity contribution < 1.29 is 0 Å². The molecular weight excluding hydrogens is 352 g/mol. The van der Waals surface area contributed by atoms with Crippen molar-refractivity contribution in [2.75, 3.05) is 45.0 Å². The minimum absolute atomic E-state index is 0.792. The summed E-state index contributed by atoms with van der Waals surface area (Å²) in [5.74, 6) is 1.26. The van der Waals surface area contributed by atoms with Crippen molar-refractivity contribution in [3.05, 3.63) is 0 Å². The molecule has 0 radical (unpaired) electrons. The number of nitrogens with one attached hydrogen (secondary N) is 3. The van der Waals surface area contributed by atoms with Gasteiger partial charge in [-0.05, 0) is 64.8 Å². The fourth-order valence-corrected chi connectivity index (χ4v) is 3.85. The van der Waals surface area contributed by atoms with E-state index in [1.54, 1.807) is 0 Å². The summed E-state index contributed by atoms with van der Waals surface area (Å²) in [6, 6.07) is 0. The van der Waals surface area contributed by atoms with Gasteiger partial charge in [0.2, 0.25) is 0 Å². The van der Waals surface area contributed by atoms with Gasteiger partial charge in [-0.2, -0.15) is 0 Å². The Morgan fingerprint density at radius 1 is 0.556 bits per heavy atom. The van der Waals surface area contributed by atoms with Gasteiger partial charge in [-0.3, -0.25) is 4.72 Å². The zero-order chi connectivity index (χ0) is 19.7. The van der Waals surface area contributed by atoms with E-state index in [0.717, 1.165) is 45.7 Å². The van der Waals surface area contributed by atoms with Crippen LogP contribution in [-0.2, 0) is 0 Å². The van der Waals surface area contributed by atoms with Gasteiger partial charge >= 0.3 is 0 Å². The number of hydrogen-bond donors (Lipinski definition) is 4. The van der Waals surface area contributed by atoms with Crippen molar-refractivity contribution in [1.29, 1.82) is 0 Å². The lowest BCUT2D eigenvalue weighted by Gasteiger charge is -2.07. The number of hydrogen-bond acceptors (Lipinski definition) is 5. The van der Waals surface area contributed by atoms with Crippen LogP contribution in [0.15, 0.2) is 0 Å². The Balaban J connectivity index is 2.95. The first-order chi connectivity index (χ1) is 13.4. The summed E-state index contributed by atoms with van der Waals surface area (Å²) in [5.41, 5.74) is 5.46. The molecule has 0 spiro atoms. The molecule has 4 nitrogen and oxygen atoms in total. The van der Waals surface area contributed by atoms with Crippen LogP contribution < -0.4 is 21.1 Å². The molecule has 5 heteroatoms. The highest BCUT2D eigenvalue weighted by Crippen LogP contribution is 2.11. The van der Waals surface area contributed by atoms with E-state index >= 15 is 0 Å². The van der Waals surface area contributed by atoms with Crippen molar-refractivity contribution in [2.24, 2.45) is 5.73 Å². The van der Waals surface area contributed by atoms with E-state index in [0.29, 0.717) is 0 Å². The van der Waals surface area contributed by atoms with Gasteiger partial charge in [0, 0.05) is 12.3 Å². The van der Waals surface area contributed by atoms with Gasteiger partial charge in [-0.15, -0.1) is 0 Å². The smallest absolute Gasteiger partial charge is 0.00786 e. The third kappa shape index (κ3) is 26.2. The predicted molar refractivity (Wildman–Crippen MR) is 126 cm³/mol. The van der Waals surface area contributed by atoms with Crippen LogP contribution in [0.25, 0.3) is 0 Å². The molecule has 0 rings (SSSR count). The van der Waals surface area contributed by atoms with E-state index in [4.69, 9.17) is 5.73 Å². The molecule has 0 aliphatic rings. The van der Waals surface area contributed by atoms with Gasteiger partial charge in [0.05, 0.1) is 0 Å². The second-order valence-corrected chi connectivity index (χ2v) is 8.61. The maximum absolute atomic E-state index is 5.46. The highest BCUT2D eigenvalue weighted by Gasteiger charge is 1.94. The van der Waals surface area contributed by atoms with Crippen LogP contribution in [0.1, 0.15) is 96.8 Å². The summed E-state index contributed by atoms with van der Waals surface area (Å²) >= 11 is 1.92. The number of nitrogens with two attached hydrogens (primary N) is 1. The molecule has 0 aromatic heterocycles. The lowest BCUT2D eigenvalue weighted by atomic mass is 10.1. The molecule has 0 aromatic rings. The summed E-state index contributed by atoms with van der Waals surface area (Å²) in [4.78, 5) is 0. The molecule has 0 fully saturated rings. The summed E-state index contributed by atoms with van der Waals surface area (Å²) in [6.45, 7) is 8.66. The fourth-order valence-electron chi connectivity index (χ4n) is 3.07. The van der Waals surface area contributed by atoms with E-state index in [-0.39, 0.29) is 0 Å². The first-order valence-electron chi connectivity index (χ1n) is 11.9. The minimum atomic E-state index is 0.792. The van der Waals surface area contributed by atoms with Crippen LogP contribution in [0, 0.1) is 0 Å². The van der Waals surface area contributed by atoms with E-state index in [9.17, 15) is 0 Å². The molecule has 0 unspecified atom stereocenters. The Morgan fingerprint density at radius 2 is 1.07 bits per heavy atom. The molecule has 27 heavy (non-hydrogen) atoms. The molecule has 0 atom stereocenters. The second kappa shape index (κ2) is 26.2. The Labute approximate surface area is 175 Å². The average molecular weight is 403 g/mol. The van der Waals surface area contributed by atoms with Crippen molar-refractivity contribution in [2.45, 2.75) is 96.8 Å². The third-order valence-corrected chi connectivity index (χ3v) is 5.75. The maximum Gasteiger partial charge on any atom is 0.00786 e. The van der Waals surface area contributed by atoms with Crippen molar-refractivity contribution in [1.82, 2.24) is 15.4 Å². The van der Waals surface area contributed by atoms with E-state index in [2.05, 4.69) is 22.3 Å². The van der Waals surface area contributed by atoms with E-state index in [1.807, 2.05) is 11.9 Å². The Hall–Kier alpha value is 0.190. The van der Waals surface area contributed by atoms with Gasteiger partial charge < -0.3 is 16.4 Å². The second-order valence-electron chi connectivity index (χ2n) is 7.63. The molecule has 0 aliphatic heterocycles. The molecule has 0 amide bonds. The monoisotopic (exact) mass is 402 g/mol. The fraction of sp³-hybridized carbons (Fsp3) is 1.00. The molecule has 0 aromatic carbocycles. The normalized spacial score (nSPS) is 11.3. The predicted octanol–water partition coefficient (Wildman–Crippen LogP) is 4.84. The maximum atomic E-state index is 5.46. The van der Waals surface area contributed by atoms with Crippen molar-refractivity contribution in [3.8, 4) is 0 Å². The van der Waals surface area contributed by atoms with Crippen LogP contribution in [0.3, 0.4) is 0 Å². The van der Waals surface area contributed by atoms with Gasteiger partial charge in [-0.25, -0.2) is 0 Å². The van der Waals surface area contributed by atoms with Gasteiger partial charge in [0.15, 0.2) is 0 Å². The van der Waals surface area contributed by atoms with Crippen LogP contribution >= 0.6 is 11.9 Å². The quantitative estimate of drug-likeness (QED) is 0.137. The van der Waals surface area contributed by atoms with Crippen LogP contribution in [-0.4, -0.2) is 45.0 Å². The highest BCUT2D eigenvalue weighted by molar-refractivity contribution is 7.97. The number of unbranched alkanes of at least 4 members (excludes halogenated alkanes) is 10. The minimum Gasteiger partial charge on any atom is -0.330 e. The molecule has 0 saturated heterocycles. The topological polar surface area (TPSA) is 62.1 Å². The molecular formula is C22H50N4S. The Bertz CT molecular complexity index is 230. The number of rotatable bonds is 24. The molecule has 164 valence electrons. The van der Waals surface area contributed by atoms with E-state index in [1.165, 1.54) is 89.2 Å².